The van der Waals surface area contributed by atoms with Crippen molar-refractivity contribution < 1.29 is 9.13 Å². The van der Waals surface area contributed by atoms with Crippen molar-refractivity contribution in [1.29, 1.82) is 0 Å². The van der Waals surface area contributed by atoms with Gasteiger partial charge in [-0.05, 0) is 30.2 Å². The molecular formula is C16H18N2O3S. The highest BCUT2D eigenvalue weighted by atomic mass is 32.2. The molecule has 5 nitrogen and oxygen atoms in total. The second-order valence-electron chi connectivity index (χ2n) is 5.14. The molecule has 0 unspecified atom stereocenters. The van der Waals surface area contributed by atoms with Crippen LogP contribution in [-0.4, -0.2) is 15.4 Å². The summed E-state index contributed by atoms with van der Waals surface area (Å²) in [6.45, 7) is 1.95. The third-order valence-electron chi connectivity index (χ3n) is 3.26. The van der Waals surface area contributed by atoms with Gasteiger partial charge in [0.05, 0.1) is 4.92 Å². The van der Waals surface area contributed by atoms with Crippen molar-refractivity contribution in [3.8, 4) is 0 Å². The van der Waals surface area contributed by atoms with Crippen LogP contribution in [0.4, 0.5) is 11.4 Å². The molecule has 22 heavy (non-hydrogen) atoms. The predicted octanol–water partition coefficient (Wildman–Crippen LogP) is 3.65. The Kier molecular flexibility index (Phi) is 5.27. The van der Waals surface area contributed by atoms with Crippen molar-refractivity contribution in [3.63, 3.8) is 0 Å². The number of hydrogen-bond acceptors (Lipinski definition) is 4. The summed E-state index contributed by atoms with van der Waals surface area (Å²) in [5, 5.41) is 14.2. The van der Waals surface area contributed by atoms with Gasteiger partial charge in [-0.1, -0.05) is 24.3 Å². The van der Waals surface area contributed by atoms with Gasteiger partial charge < -0.3 is 5.32 Å². The normalized spacial score (nSPS) is 13.4. The standard InChI is InChI=1S/C16H18N2O3S/c1-12(14-6-4-8-16(10-14)18(19)20)17-15-7-3-5-13(9-15)11-22(2)21/h3-10,12,17H,11H2,1-2H3/t12-,22+/m1/s1. The van der Waals surface area contributed by atoms with Gasteiger partial charge in [-0.3, -0.25) is 14.3 Å². The lowest BCUT2D eigenvalue weighted by Crippen LogP contribution is -2.07. The van der Waals surface area contributed by atoms with E-state index in [2.05, 4.69) is 5.32 Å². The van der Waals surface area contributed by atoms with Crippen LogP contribution in [0.2, 0.25) is 0 Å². The maximum atomic E-state index is 11.3. The molecular weight excluding hydrogens is 300 g/mol. The number of nitro benzene ring substituents is 1. The topological polar surface area (TPSA) is 72.2 Å². The van der Waals surface area contributed by atoms with E-state index in [0.29, 0.717) is 5.75 Å². The molecule has 0 aliphatic carbocycles. The number of rotatable bonds is 6. The number of anilines is 1. The van der Waals surface area contributed by atoms with Crippen LogP contribution in [-0.2, 0) is 16.6 Å². The van der Waals surface area contributed by atoms with E-state index >= 15 is 0 Å². The molecule has 0 fully saturated rings. The average molecular weight is 318 g/mol. The SMILES string of the molecule is C[C@@H](Nc1cccc(C[S@](C)=O)c1)c1cccc([N+](=O)[O-])c1. The van der Waals surface area contributed by atoms with Crippen LogP contribution in [0.25, 0.3) is 0 Å². The first kappa shape index (κ1) is 16.2. The molecule has 2 rings (SSSR count). The molecule has 0 saturated heterocycles. The Balaban J connectivity index is 2.14. The zero-order valence-electron chi connectivity index (χ0n) is 12.5. The lowest BCUT2D eigenvalue weighted by atomic mass is 10.1. The number of non-ortho nitro benzene ring substituents is 1. The van der Waals surface area contributed by atoms with Gasteiger partial charge in [0.25, 0.3) is 5.69 Å². The van der Waals surface area contributed by atoms with Crippen LogP contribution < -0.4 is 5.32 Å². The Morgan fingerprint density at radius 1 is 1.23 bits per heavy atom. The quantitative estimate of drug-likeness (QED) is 0.652. The lowest BCUT2D eigenvalue weighted by molar-refractivity contribution is -0.384. The maximum Gasteiger partial charge on any atom is 0.269 e. The number of nitro groups is 1. The molecule has 1 N–H and O–H groups in total. The molecule has 2 atom stereocenters. The number of hydrogen-bond donors (Lipinski definition) is 1. The minimum absolute atomic E-state index is 0.0673. The molecule has 0 heterocycles. The van der Waals surface area contributed by atoms with Gasteiger partial charge in [0.15, 0.2) is 0 Å². The fourth-order valence-corrected chi connectivity index (χ4v) is 2.88. The summed E-state index contributed by atoms with van der Waals surface area (Å²) in [6.07, 6.45) is 1.67. The summed E-state index contributed by atoms with van der Waals surface area (Å²) in [5.41, 5.74) is 2.83. The second kappa shape index (κ2) is 7.17. The number of benzene rings is 2. The highest BCUT2D eigenvalue weighted by molar-refractivity contribution is 7.83. The summed E-state index contributed by atoms with van der Waals surface area (Å²) >= 11 is 0. The van der Waals surface area contributed by atoms with Crippen LogP contribution in [0.1, 0.15) is 24.1 Å². The van der Waals surface area contributed by atoms with E-state index in [-0.39, 0.29) is 11.7 Å². The third kappa shape index (κ3) is 4.39. The average Bonchev–Trinajstić information content (AvgIpc) is 2.47. The van der Waals surface area contributed by atoms with Crippen molar-refractivity contribution in [2.24, 2.45) is 0 Å². The Labute approximate surface area is 132 Å². The van der Waals surface area contributed by atoms with Crippen molar-refractivity contribution in [3.05, 3.63) is 69.8 Å². The number of nitrogens with one attached hydrogen (secondary N) is 1. The first-order chi connectivity index (χ1) is 10.5. The molecule has 2 aromatic rings. The van der Waals surface area contributed by atoms with Gasteiger partial charge >= 0.3 is 0 Å². The molecule has 0 aliphatic heterocycles. The minimum atomic E-state index is -0.885. The largest absolute Gasteiger partial charge is 0.379 e. The molecule has 0 aromatic heterocycles. The van der Waals surface area contributed by atoms with Gasteiger partial charge in [-0.25, -0.2) is 0 Å². The van der Waals surface area contributed by atoms with Crippen LogP contribution in [0.5, 0.6) is 0 Å². The van der Waals surface area contributed by atoms with Gasteiger partial charge in [0.2, 0.25) is 0 Å². The maximum absolute atomic E-state index is 11.3. The summed E-state index contributed by atoms with van der Waals surface area (Å²) < 4.78 is 11.3. The summed E-state index contributed by atoms with van der Waals surface area (Å²) in [4.78, 5) is 10.4. The molecule has 0 radical (unpaired) electrons. The van der Waals surface area contributed by atoms with E-state index in [1.54, 1.807) is 18.4 Å². The van der Waals surface area contributed by atoms with Crippen molar-refractivity contribution >= 4 is 22.2 Å². The fraction of sp³-hybridized carbons (Fsp3) is 0.250. The van der Waals surface area contributed by atoms with Gasteiger partial charge in [0, 0.05) is 46.7 Å². The van der Waals surface area contributed by atoms with Crippen LogP contribution in [0.3, 0.4) is 0 Å². The highest BCUT2D eigenvalue weighted by Crippen LogP contribution is 2.23. The van der Waals surface area contributed by atoms with Gasteiger partial charge in [-0.15, -0.1) is 0 Å². The third-order valence-corrected chi connectivity index (χ3v) is 4.00. The zero-order chi connectivity index (χ0) is 16.1. The van der Waals surface area contributed by atoms with Crippen LogP contribution in [0, 0.1) is 10.1 Å². The van der Waals surface area contributed by atoms with E-state index in [4.69, 9.17) is 0 Å². The first-order valence-electron chi connectivity index (χ1n) is 6.85. The first-order valence-corrected chi connectivity index (χ1v) is 8.58. The molecule has 0 spiro atoms. The molecule has 0 amide bonds. The smallest absolute Gasteiger partial charge is 0.269 e. The fourth-order valence-electron chi connectivity index (χ4n) is 2.23. The Bertz CT molecular complexity index is 703. The van der Waals surface area contributed by atoms with Crippen molar-refractivity contribution in [2.75, 3.05) is 11.6 Å². The van der Waals surface area contributed by atoms with Crippen molar-refractivity contribution in [2.45, 2.75) is 18.7 Å². The molecule has 116 valence electrons. The Morgan fingerprint density at radius 3 is 2.64 bits per heavy atom. The molecule has 0 saturated carbocycles. The van der Waals surface area contributed by atoms with Gasteiger partial charge in [-0.2, -0.15) is 0 Å². The van der Waals surface area contributed by atoms with Gasteiger partial charge in [0.1, 0.15) is 0 Å². The van der Waals surface area contributed by atoms with E-state index in [1.807, 2.05) is 37.3 Å². The Morgan fingerprint density at radius 2 is 1.95 bits per heavy atom. The monoisotopic (exact) mass is 318 g/mol. The van der Waals surface area contributed by atoms with E-state index < -0.39 is 15.7 Å². The number of nitrogens with zero attached hydrogens (tertiary/aromatic N) is 1. The minimum Gasteiger partial charge on any atom is -0.379 e. The van der Waals surface area contributed by atoms with E-state index in [9.17, 15) is 14.3 Å². The molecule has 0 bridgehead atoms. The molecule has 0 aliphatic rings. The highest BCUT2D eigenvalue weighted by Gasteiger charge is 2.11. The Hall–Kier alpha value is -2.21. The molecule has 2 aromatic carbocycles. The second-order valence-corrected chi connectivity index (χ2v) is 6.57. The van der Waals surface area contributed by atoms with E-state index in [1.165, 1.54) is 6.07 Å². The summed E-state index contributed by atoms with van der Waals surface area (Å²) in [5.74, 6) is 0.515. The van der Waals surface area contributed by atoms with Crippen LogP contribution >= 0.6 is 0 Å². The summed E-state index contributed by atoms with van der Waals surface area (Å²) in [6, 6.07) is 14.2. The summed E-state index contributed by atoms with van der Waals surface area (Å²) in [7, 11) is -0.885. The van der Waals surface area contributed by atoms with E-state index in [0.717, 1.165) is 16.8 Å². The molecule has 6 heteroatoms. The lowest BCUT2D eigenvalue weighted by Gasteiger charge is -2.16. The predicted molar refractivity (Wildman–Crippen MR) is 89.3 cm³/mol. The van der Waals surface area contributed by atoms with Crippen LogP contribution in [0.15, 0.2) is 48.5 Å². The zero-order valence-corrected chi connectivity index (χ0v) is 13.3. The van der Waals surface area contributed by atoms with Crippen molar-refractivity contribution in [1.82, 2.24) is 0 Å².